The summed E-state index contributed by atoms with van der Waals surface area (Å²) in [5, 5.41) is 30.8. The molecule has 9 N–H and O–H groups in total. The van der Waals surface area contributed by atoms with E-state index in [0.29, 0.717) is 11.1 Å². The van der Waals surface area contributed by atoms with Crippen LogP contribution in [0.1, 0.15) is 82.3 Å². The van der Waals surface area contributed by atoms with Gasteiger partial charge in [0.15, 0.2) is 11.6 Å². The number of benzene rings is 4. The second-order valence-corrected chi connectivity index (χ2v) is 16.5. The summed E-state index contributed by atoms with van der Waals surface area (Å²) in [5.41, 5.74) is 19.0. The number of carbonyl (C=O) groups is 4. The molecule has 6 rings (SSSR count). The van der Waals surface area contributed by atoms with Crippen LogP contribution >= 0.6 is 0 Å². The molecule has 15 nitrogen and oxygen atoms in total. The smallest absolute Gasteiger partial charge is 0.251 e. The molecule has 2 aliphatic heterocycles. The predicted octanol–water partition coefficient (Wildman–Crippen LogP) is 2.87. The largest absolute Gasteiger partial charge is 0.397 e. The van der Waals surface area contributed by atoms with Gasteiger partial charge in [-0.1, -0.05) is 67.8 Å². The summed E-state index contributed by atoms with van der Waals surface area (Å²) in [6.07, 6.45) is 1.79. The highest BCUT2D eigenvalue weighted by molar-refractivity contribution is 5.99. The molecule has 0 saturated carbocycles. The highest BCUT2D eigenvalue weighted by Gasteiger charge is 2.25. The Morgan fingerprint density at radius 2 is 0.853 bits per heavy atom. The number of hydrogen-bond donors (Lipinski definition) is 7. The fraction of sp³-hybridized carbons (Fsp3) is 0.434. The Balaban J connectivity index is 0.000000336. The van der Waals surface area contributed by atoms with E-state index in [1.54, 1.807) is 57.2 Å². The Hall–Kier alpha value is -5.64. The molecule has 4 atom stereocenters. The van der Waals surface area contributed by atoms with E-state index in [2.05, 4.69) is 68.7 Å². The van der Waals surface area contributed by atoms with Gasteiger partial charge in [0.2, 0.25) is 0 Å². The summed E-state index contributed by atoms with van der Waals surface area (Å²) in [4.78, 5) is 53.1. The molecule has 2 fully saturated rings. The molecule has 0 spiro atoms. The van der Waals surface area contributed by atoms with E-state index in [1.165, 1.54) is 16.7 Å². The van der Waals surface area contributed by atoms with Crippen LogP contribution in [0.4, 0.5) is 0 Å². The zero-order valence-electron chi connectivity index (χ0n) is 39.0. The van der Waals surface area contributed by atoms with E-state index in [-0.39, 0.29) is 19.9 Å². The maximum absolute atomic E-state index is 12.4. The van der Waals surface area contributed by atoms with Crippen molar-refractivity contribution in [1.29, 1.82) is 0 Å². The average Bonchev–Trinajstić information content (AvgIpc) is 3.35. The fourth-order valence-corrected chi connectivity index (χ4v) is 7.16. The molecule has 2 heterocycles. The molecule has 0 aromatic heterocycles. The van der Waals surface area contributed by atoms with Gasteiger partial charge in [-0.25, -0.2) is 0 Å². The number of carbonyl (C=O) groups excluding carboxylic acids is 4. The van der Waals surface area contributed by atoms with Crippen molar-refractivity contribution in [3.63, 3.8) is 0 Å². The third kappa shape index (κ3) is 19.5. The number of amides is 2. The van der Waals surface area contributed by atoms with E-state index < -0.39 is 54.9 Å². The second kappa shape index (κ2) is 30.7. The van der Waals surface area contributed by atoms with Gasteiger partial charge in [-0.05, 0) is 104 Å². The quantitative estimate of drug-likeness (QED) is 0.0757. The Morgan fingerprint density at radius 1 is 0.559 bits per heavy atom. The number of rotatable bonds is 17. The highest BCUT2D eigenvalue weighted by Crippen LogP contribution is 2.14. The molecule has 0 radical (unpaired) electrons. The number of aryl methyl sites for hydroxylation is 2. The van der Waals surface area contributed by atoms with Gasteiger partial charge in [0.25, 0.3) is 11.8 Å². The summed E-state index contributed by atoms with van der Waals surface area (Å²) in [6, 6.07) is 28.1. The van der Waals surface area contributed by atoms with Crippen molar-refractivity contribution in [2.45, 2.75) is 78.3 Å². The fourth-order valence-electron chi connectivity index (χ4n) is 7.16. The van der Waals surface area contributed by atoms with Crippen LogP contribution in [0, 0.1) is 11.8 Å². The summed E-state index contributed by atoms with van der Waals surface area (Å²) in [5.74, 6) is 4.41. The van der Waals surface area contributed by atoms with Crippen LogP contribution in [0.15, 0.2) is 97.1 Å². The molecule has 0 bridgehead atoms. The van der Waals surface area contributed by atoms with Crippen molar-refractivity contribution in [2.75, 3.05) is 72.4 Å². The maximum atomic E-state index is 12.4. The molecule has 368 valence electrons. The van der Waals surface area contributed by atoms with Crippen LogP contribution in [0.25, 0.3) is 0 Å². The first-order valence-electron chi connectivity index (χ1n) is 22.8. The highest BCUT2D eigenvalue weighted by atomic mass is 16.5. The van der Waals surface area contributed by atoms with Gasteiger partial charge in [-0.15, -0.1) is 0 Å². The zero-order chi connectivity index (χ0) is 48.6. The van der Waals surface area contributed by atoms with Crippen LogP contribution < -0.4 is 22.1 Å². The molecule has 4 aromatic carbocycles. The van der Waals surface area contributed by atoms with E-state index in [1.807, 2.05) is 24.3 Å². The van der Waals surface area contributed by atoms with Crippen LogP contribution in [-0.4, -0.2) is 145 Å². The number of hydrogen-bond acceptors (Lipinski definition) is 13. The Labute approximate surface area is 402 Å². The number of ketones is 2. The van der Waals surface area contributed by atoms with Crippen LogP contribution in [-0.2, 0) is 45.0 Å². The molecule has 2 saturated heterocycles. The van der Waals surface area contributed by atoms with Crippen LogP contribution in [0.5, 0.6) is 0 Å². The Bertz CT molecular complexity index is 2180. The van der Waals surface area contributed by atoms with Gasteiger partial charge >= 0.3 is 0 Å². The summed E-state index contributed by atoms with van der Waals surface area (Å²) in [7, 11) is 0. The molecule has 0 aliphatic carbocycles. The summed E-state index contributed by atoms with van der Waals surface area (Å²) >= 11 is 0. The number of nitrogens with zero attached hydrogens (tertiary/aromatic N) is 2. The molecule has 15 heteroatoms. The molecule has 4 aromatic rings. The number of Topliss-reactive ketones (excluding diaryl/α,β-unsaturated/α-hetero) is 2. The van der Waals surface area contributed by atoms with Gasteiger partial charge in [0, 0.05) is 80.2 Å². The van der Waals surface area contributed by atoms with Gasteiger partial charge in [-0.3, -0.25) is 29.0 Å². The van der Waals surface area contributed by atoms with Crippen molar-refractivity contribution in [3.05, 3.63) is 142 Å². The molecule has 2 aliphatic rings. The van der Waals surface area contributed by atoms with Crippen LogP contribution in [0.2, 0.25) is 0 Å². The minimum absolute atomic E-state index is 0. The lowest BCUT2D eigenvalue weighted by Gasteiger charge is -2.26. The monoisotopic (exact) mass is 937 g/mol. The lowest BCUT2D eigenvalue weighted by molar-refractivity contribution is -0.124. The van der Waals surface area contributed by atoms with E-state index in [0.717, 1.165) is 95.2 Å². The van der Waals surface area contributed by atoms with E-state index in [4.69, 9.17) is 36.3 Å². The third-order valence-electron chi connectivity index (χ3n) is 11.0. The topological polar surface area (TPSA) is 230 Å². The molecule has 0 unspecified atom stereocenters. The van der Waals surface area contributed by atoms with Crippen molar-refractivity contribution < 1.29 is 44.0 Å². The zero-order valence-corrected chi connectivity index (χ0v) is 39.0. The van der Waals surface area contributed by atoms with E-state index in [9.17, 15) is 19.2 Å². The lowest BCUT2D eigenvalue weighted by atomic mass is 10.0. The predicted molar refractivity (Wildman–Crippen MR) is 265 cm³/mol. The van der Waals surface area contributed by atoms with Crippen molar-refractivity contribution >= 4 is 23.4 Å². The first-order chi connectivity index (χ1) is 32.3. The van der Waals surface area contributed by atoms with Crippen molar-refractivity contribution in [3.8, 4) is 11.8 Å². The number of aliphatic hydroxyl groups excluding tert-OH is 3. The minimum Gasteiger partial charge on any atom is -0.397 e. The Kier molecular flexibility index (Phi) is 25.6. The first-order valence-corrected chi connectivity index (χ1v) is 22.8. The van der Waals surface area contributed by atoms with Gasteiger partial charge < -0.3 is 46.9 Å². The Morgan fingerprint density at radius 3 is 1.19 bits per heavy atom. The number of aliphatic hydroxyl groups is 3. The molecule has 2 amide bonds. The summed E-state index contributed by atoms with van der Waals surface area (Å²) < 4.78 is 10.8. The molecular weight excluding hydrogens is 865 g/mol. The van der Waals surface area contributed by atoms with Gasteiger partial charge in [-0.2, -0.15) is 0 Å². The number of morpholine rings is 2. The number of nitrogens with two attached hydrogens (primary N) is 2. The first kappa shape index (κ1) is 56.7. The van der Waals surface area contributed by atoms with Gasteiger partial charge in [0.05, 0.1) is 26.4 Å². The number of nitrogens with one attached hydrogen (secondary N) is 2. The summed E-state index contributed by atoms with van der Waals surface area (Å²) in [6.45, 7) is 12.8. The normalized spacial score (nSPS) is 15.4. The molecule has 68 heavy (non-hydrogen) atoms. The maximum Gasteiger partial charge on any atom is 0.251 e. The van der Waals surface area contributed by atoms with Crippen molar-refractivity contribution in [2.24, 2.45) is 11.5 Å². The lowest BCUT2D eigenvalue weighted by Crippen LogP contribution is -2.52. The number of ether oxygens (including phenoxy) is 2. The SMILES string of the molecule is C.CCO.C[C@@H](N)[C@H](NC(=O)c1ccc(C#Cc2ccc(CN3CCOCC3)cc2)cc1)C(=O)CO.C[C@@H](N)[C@H](NC(=O)c1ccc(CCc2ccc(CN3CCOCC3)cc2)cc1)C(=O)CO. The van der Waals surface area contributed by atoms with Gasteiger partial charge in [0.1, 0.15) is 25.3 Å². The third-order valence-corrected chi connectivity index (χ3v) is 11.0. The minimum atomic E-state index is -0.932. The second-order valence-electron chi connectivity index (χ2n) is 16.5. The molecular formula is C53H72N6O9. The standard InChI is InChI=1S/C25H33N3O4.C25H29N3O4.C2H6O.CH4/c2*1-18(26)24(23(30)17-29)27-25(31)22-10-8-20(9-11-22)3-2-19-4-6-21(7-5-19)16-28-12-14-32-15-13-28;1-2-3;/h4-11,18,24,29H,2-3,12-17,26H2,1H3,(H,27,31);4-11,18,24,29H,12-17,26H2,1H3,(H,27,31);3H,2H2,1H3;1H4/t2*18-,24+;;/m11../s1. The van der Waals surface area contributed by atoms with Crippen LogP contribution in [0.3, 0.4) is 0 Å². The van der Waals surface area contributed by atoms with Crippen molar-refractivity contribution in [1.82, 2.24) is 20.4 Å². The van der Waals surface area contributed by atoms with E-state index >= 15 is 0 Å². The average molecular weight is 937 g/mol.